The maximum Gasteiger partial charge on any atom is 0.252 e. The molecule has 2 atom stereocenters. The van der Waals surface area contributed by atoms with E-state index < -0.39 is 0 Å². The second-order valence-corrected chi connectivity index (χ2v) is 24.3. The zero-order valence-corrected chi connectivity index (χ0v) is 42.4. The van der Waals surface area contributed by atoms with Gasteiger partial charge in [-0.25, -0.2) is 0 Å². The lowest BCUT2D eigenvalue weighted by Crippen LogP contribution is -2.61. The van der Waals surface area contributed by atoms with Crippen LogP contribution in [0.3, 0.4) is 0 Å². The number of para-hydroxylation sites is 2. The smallest absolute Gasteiger partial charge is 0.252 e. The molecule has 12 rings (SSSR count). The zero-order chi connectivity index (χ0) is 47.4. The van der Waals surface area contributed by atoms with Gasteiger partial charge in [0.2, 0.25) is 0 Å². The van der Waals surface area contributed by atoms with Gasteiger partial charge in [-0.15, -0.1) is 0 Å². The fourth-order valence-corrected chi connectivity index (χ4v) is 12.9. The Labute approximate surface area is 405 Å². The average molecular weight is 892 g/mol. The van der Waals surface area contributed by atoms with Gasteiger partial charge in [0.05, 0.1) is 11.2 Å². The Morgan fingerprint density at radius 2 is 1.12 bits per heavy atom. The number of hydrogen-bond acceptors (Lipinski definition) is 4. The predicted octanol–water partition coefficient (Wildman–Crippen LogP) is 15.6. The molecule has 0 bridgehead atoms. The van der Waals surface area contributed by atoms with E-state index in [0.29, 0.717) is 0 Å². The Bertz CT molecular complexity index is 3390. The molecule has 0 amide bonds. The molecule has 5 heteroatoms. The van der Waals surface area contributed by atoms with Gasteiger partial charge in [-0.1, -0.05) is 155 Å². The summed E-state index contributed by atoms with van der Waals surface area (Å²) in [6, 6.07) is 51.7. The molecule has 1 aliphatic carbocycles. The van der Waals surface area contributed by atoms with Crippen LogP contribution in [0.25, 0.3) is 21.9 Å². The molecular weight excluding hydrogens is 826 g/mol. The van der Waals surface area contributed by atoms with Crippen LogP contribution >= 0.6 is 0 Å². The number of anilines is 8. The lowest BCUT2D eigenvalue weighted by molar-refractivity contribution is 0.195. The van der Waals surface area contributed by atoms with Crippen LogP contribution in [0.5, 0.6) is 0 Å². The van der Waals surface area contributed by atoms with Gasteiger partial charge in [0, 0.05) is 56.0 Å². The van der Waals surface area contributed by atoms with Gasteiger partial charge in [0.15, 0.2) is 5.58 Å². The summed E-state index contributed by atoms with van der Waals surface area (Å²) < 4.78 is 6.98. The molecule has 4 heterocycles. The summed E-state index contributed by atoms with van der Waals surface area (Å²) in [4.78, 5) is 7.92. The van der Waals surface area contributed by atoms with Crippen LogP contribution in [0.15, 0.2) is 138 Å². The van der Waals surface area contributed by atoms with Crippen LogP contribution in [0, 0.1) is 6.92 Å². The summed E-state index contributed by atoms with van der Waals surface area (Å²) in [5, 5.41) is 2.27. The molecule has 4 nitrogen and oxygen atoms in total. The predicted molar refractivity (Wildman–Crippen MR) is 291 cm³/mol. The van der Waals surface area contributed by atoms with Gasteiger partial charge in [-0.3, -0.25) is 0 Å². The van der Waals surface area contributed by atoms with Crippen molar-refractivity contribution in [2.45, 2.75) is 136 Å². The molecule has 1 saturated carbocycles. The van der Waals surface area contributed by atoms with E-state index in [2.05, 4.69) is 231 Å². The van der Waals surface area contributed by atoms with E-state index in [0.717, 1.165) is 34.0 Å². The summed E-state index contributed by atoms with van der Waals surface area (Å²) in [5.41, 5.74) is 22.3. The molecule has 1 fully saturated rings. The summed E-state index contributed by atoms with van der Waals surface area (Å²) in [7, 11) is 0. The molecule has 4 aliphatic rings. The molecule has 0 spiro atoms. The number of nitrogens with zero attached hydrogens (tertiary/aromatic N) is 3. The van der Waals surface area contributed by atoms with Crippen molar-refractivity contribution in [1.82, 2.24) is 0 Å². The Morgan fingerprint density at radius 3 is 1.87 bits per heavy atom. The molecule has 2 unspecified atom stereocenters. The molecule has 1 aromatic heterocycles. The van der Waals surface area contributed by atoms with Gasteiger partial charge < -0.3 is 19.1 Å². The van der Waals surface area contributed by atoms with Gasteiger partial charge in [-0.2, -0.15) is 0 Å². The summed E-state index contributed by atoms with van der Waals surface area (Å²) >= 11 is 0. The first-order valence-electron chi connectivity index (χ1n) is 25.3. The third kappa shape index (κ3) is 6.12. The van der Waals surface area contributed by atoms with Gasteiger partial charge in [0.25, 0.3) is 6.71 Å². The topological polar surface area (TPSA) is 22.9 Å². The molecule has 0 saturated heterocycles. The molecule has 0 N–H and O–H groups in total. The maximum absolute atomic E-state index is 6.98. The second-order valence-electron chi connectivity index (χ2n) is 24.3. The van der Waals surface area contributed by atoms with E-state index in [-0.39, 0.29) is 33.9 Å². The molecule has 68 heavy (non-hydrogen) atoms. The summed E-state index contributed by atoms with van der Waals surface area (Å²) in [6.45, 7) is 28.4. The SMILES string of the molecule is Cc1cc2c3c(c1)N(c1cccc4c1oc1ccccc14)c1cc(N4c5ccc(C(C)(C)C)cc5C5(C)CCCCC45C)ccc1B3c1ccc(C(C)(C)C)cc1N2c1cccc(C(C)(C)C)c1. The Hall–Kier alpha value is -6.20. The third-order valence-electron chi connectivity index (χ3n) is 16.9. The first kappa shape index (κ1) is 43.1. The number of aryl methyl sites for hydroxylation is 1. The second kappa shape index (κ2) is 14.4. The van der Waals surface area contributed by atoms with Crippen LogP contribution in [0.1, 0.15) is 130 Å². The zero-order valence-electron chi connectivity index (χ0n) is 42.4. The van der Waals surface area contributed by atoms with Gasteiger partial charge in [0.1, 0.15) is 5.58 Å². The van der Waals surface area contributed by atoms with E-state index >= 15 is 0 Å². The third-order valence-corrected chi connectivity index (χ3v) is 16.9. The molecule has 342 valence electrons. The highest BCUT2D eigenvalue weighted by atomic mass is 16.3. The van der Waals surface area contributed by atoms with E-state index in [4.69, 9.17) is 4.42 Å². The standard InChI is InChI=1S/C63H66BN3O/c1-39-33-54-57-55(34-39)66(51-23-18-22-46-45-21-13-14-24-56(45)68-58(46)51)53-38-44(67-50-30-26-41(60(5,6)7)36-47(50)62(11)31-15-16-32-63(62,67)12)27-29-49(53)64(57)48-28-25-42(61(8,9)10)37-52(48)65(54)43-20-17-19-40(35-43)59(2,3)4/h13-14,17-30,33-38H,15-16,31-32H2,1-12H3. The van der Waals surface area contributed by atoms with Crippen LogP contribution in [0.4, 0.5) is 45.5 Å². The van der Waals surface area contributed by atoms with Gasteiger partial charge >= 0.3 is 0 Å². The van der Waals surface area contributed by atoms with Crippen LogP contribution in [-0.4, -0.2) is 12.3 Å². The lowest BCUT2D eigenvalue weighted by atomic mass is 9.33. The van der Waals surface area contributed by atoms with Crippen LogP contribution in [-0.2, 0) is 21.7 Å². The van der Waals surface area contributed by atoms with Crippen molar-refractivity contribution in [1.29, 1.82) is 0 Å². The fraction of sp³-hybridized carbons (Fsp3) is 0.333. The molecular formula is C63H66BN3O. The molecule has 0 radical (unpaired) electrons. The quantitative estimate of drug-likeness (QED) is 0.165. The first-order chi connectivity index (χ1) is 32.3. The van der Waals surface area contributed by atoms with Crippen molar-refractivity contribution < 1.29 is 4.42 Å². The number of rotatable bonds is 3. The van der Waals surface area contributed by atoms with E-state index in [9.17, 15) is 0 Å². The largest absolute Gasteiger partial charge is 0.454 e. The molecule has 7 aromatic carbocycles. The van der Waals surface area contributed by atoms with Crippen molar-refractivity contribution in [3.63, 3.8) is 0 Å². The minimum Gasteiger partial charge on any atom is -0.454 e. The van der Waals surface area contributed by atoms with Crippen molar-refractivity contribution in [3.8, 4) is 0 Å². The van der Waals surface area contributed by atoms with Crippen molar-refractivity contribution in [2.24, 2.45) is 0 Å². The minimum absolute atomic E-state index is 0.00224. The highest BCUT2D eigenvalue weighted by Gasteiger charge is 2.58. The number of furan rings is 1. The normalized spacial score (nSPS) is 19.8. The average Bonchev–Trinajstić information content (AvgIpc) is 3.77. The molecule has 8 aromatic rings. The number of fused-ring (bicyclic) bond motifs is 10. The summed E-state index contributed by atoms with van der Waals surface area (Å²) in [5.74, 6) is 0. The Balaban J connectivity index is 1.16. The van der Waals surface area contributed by atoms with Crippen molar-refractivity contribution >= 4 is 90.5 Å². The van der Waals surface area contributed by atoms with E-state index in [1.54, 1.807) is 0 Å². The van der Waals surface area contributed by atoms with E-state index in [1.165, 1.54) is 103 Å². The summed E-state index contributed by atoms with van der Waals surface area (Å²) in [6.07, 6.45) is 4.82. The Morgan fingerprint density at radius 1 is 0.500 bits per heavy atom. The monoisotopic (exact) mass is 892 g/mol. The maximum atomic E-state index is 6.98. The van der Waals surface area contributed by atoms with Gasteiger partial charge in [-0.05, 0) is 148 Å². The first-order valence-corrected chi connectivity index (χ1v) is 25.3. The van der Waals surface area contributed by atoms with Crippen LogP contribution in [0.2, 0.25) is 0 Å². The van der Waals surface area contributed by atoms with Crippen molar-refractivity contribution in [2.75, 3.05) is 14.7 Å². The minimum atomic E-state index is -0.0961. The van der Waals surface area contributed by atoms with Crippen LogP contribution < -0.4 is 31.1 Å². The highest BCUT2D eigenvalue weighted by molar-refractivity contribution is 7.00. The van der Waals surface area contributed by atoms with E-state index in [1.807, 2.05) is 0 Å². The number of hydrogen-bond donors (Lipinski definition) is 0. The lowest BCUT2D eigenvalue weighted by Gasteiger charge is -2.50. The highest BCUT2D eigenvalue weighted by Crippen LogP contribution is 2.62. The fourth-order valence-electron chi connectivity index (χ4n) is 12.9. The van der Waals surface area contributed by atoms with Crippen molar-refractivity contribution in [3.05, 3.63) is 161 Å². The molecule has 3 aliphatic heterocycles. The Kier molecular flexibility index (Phi) is 9.14. The number of benzene rings is 7.